The van der Waals surface area contributed by atoms with E-state index in [4.69, 9.17) is 0 Å². The van der Waals surface area contributed by atoms with E-state index >= 15 is 0 Å². The topological polar surface area (TPSA) is 46.2 Å². The summed E-state index contributed by atoms with van der Waals surface area (Å²) in [7, 11) is 0. The maximum Gasteiger partial charge on any atom is 0.219 e. The lowest BCUT2D eigenvalue weighted by molar-refractivity contribution is -0.121. The van der Waals surface area contributed by atoms with Crippen molar-refractivity contribution in [3.8, 4) is 0 Å². The molecule has 3 heteroatoms. The minimum atomic E-state index is 0.129. The Bertz CT molecular complexity index is 193. The van der Waals surface area contributed by atoms with Crippen LogP contribution < -0.4 is 5.32 Å². The molecular weight excluding hydrogens is 214 g/mol. The summed E-state index contributed by atoms with van der Waals surface area (Å²) in [5.74, 6) is 0.129. The van der Waals surface area contributed by atoms with Crippen molar-refractivity contribution < 1.29 is 9.59 Å². The average molecular weight is 241 g/mol. The third-order valence-corrected chi connectivity index (χ3v) is 2.83. The van der Waals surface area contributed by atoms with Crippen LogP contribution in [0.2, 0.25) is 0 Å². The predicted octanol–water partition coefficient (Wildman–Crippen LogP) is 3.22. The highest BCUT2D eigenvalue weighted by atomic mass is 16.1. The summed E-state index contributed by atoms with van der Waals surface area (Å²) in [6.45, 7) is 2.85. The van der Waals surface area contributed by atoms with E-state index in [2.05, 4.69) is 12.2 Å². The monoisotopic (exact) mass is 241 g/mol. The Morgan fingerprint density at radius 3 is 2.29 bits per heavy atom. The highest BCUT2D eigenvalue weighted by Gasteiger charge is 1.99. The summed E-state index contributed by atoms with van der Waals surface area (Å²) < 4.78 is 0. The molecule has 0 fully saturated rings. The molecule has 100 valence electrons. The zero-order valence-corrected chi connectivity index (χ0v) is 11.2. The molecule has 0 bridgehead atoms. The SMILES string of the molecule is CCCCCCCCCC(=O)NCCCC=O. The Labute approximate surface area is 105 Å². The number of hydrogen-bond donors (Lipinski definition) is 1. The first kappa shape index (κ1) is 16.1. The molecule has 3 nitrogen and oxygen atoms in total. The highest BCUT2D eigenvalue weighted by molar-refractivity contribution is 5.75. The summed E-state index contributed by atoms with van der Waals surface area (Å²) in [5, 5.41) is 2.83. The van der Waals surface area contributed by atoms with Crippen LogP contribution in [0.1, 0.15) is 71.1 Å². The van der Waals surface area contributed by atoms with E-state index in [1.54, 1.807) is 0 Å². The first-order chi connectivity index (χ1) is 8.31. The van der Waals surface area contributed by atoms with Gasteiger partial charge in [0.1, 0.15) is 6.29 Å². The van der Waals surface area contributed by atoms with Crippen molar-refractivity contribution in [1.29, 1.82) is 0 Å². The number of amides is 1. The maximum atomic E-state index is 11.3. The molecule has 0 unspecified atom stereocenters. The molecule has 0 aromatic rings. The third kappa shape index (κ3) is 13.1. The Kier molecular flexibility index (Phi) is 12.5. The second-order valence-electron chi connectivity index (χ2n) is 4.53. The fraction of sp³-hybridized carbons (Fsp3) is 0.857. The van der Waals surface area contributed by atoms with Gasteiger partial charge in [0.05, 0.1) is 0 Å². The van der Waals surface area contributed by atoms with E-state index in [0.29, 0.717) is 19.4 Å². The van der Waals surface area contributed by atoms with E-state index in [9.17, 15) is 9.59 Å². The van der Waals surface area contributed by atoms with Crippen molar-refractivity contribution in [3.63, 3.8) is 0 Å². The molecule has 0 spiro atoms. The fourth-order valence-electron chi connectivity index (χ4n) is 1.74. The molecule has 0 saturated carbocycles. The average Bonchev–Trinajstić information content (AvgIpc) is 2.33. The molecule has 1 amide bonds. The van der Waals surface area contributed by atoms with Gasteiger partial charge in [-0.05, 0) is 12.8 Å². The molecule has 1 N–H and O–H groups in total. The Morgan fingerprint density at radius 1 is 1.00 bits per heavy atom. The van der Waals surface area contributed by atoms with Gasteiger partial charge in [-0.2, -0.15) is 0 Å². The van der Waals surface area contributed by atoms with E-state index < -0.39 is 0 Å². The first-order valence-corrected chi connectivity index (χ1v) is 7.01. The van der Waals surface area contributed by atoms with Gasteiger partial charge in [0.15, 0.2) is 0 Å². The number of rotatable bonds is 12. The molecule has 0 rings (SSSR count). The lowest BCUT2D eigenvalue weighted by Crippen LogP contribution is -2.24. The molecule has 0 aliphatic carbocycles. The van der Waals surface area contributed by atoms with Crippen molar-refractivity contribution in [2.24, 2.45) is 0 Å². The number of carbonyl (C=O) groups is 2. The molecule has 0 atom stereocenters. The van der Waals surface area contributed by atoms with E-state index in [-0.39, 0.29) is 5.91 Å². The van der Waals surface area contributed by atoms with Crippen LogP contribution in [0, 0.1) is 0 Å². The quantitative estimate of drug-likeness (QED) is 0.421. The molecular formula is C14H27NO2. The molecule has 0 aromatic carbocycles. The third-order valence-electron chi connectivity index (χ3n) is 2.83. The predicted molar refractivity (Wildman–Crippen MR) is 70.9 cm³/mol. The summed E-state index contributed by atoms with van der Waals surface area (Å²) in [5.41, 5.74) is 0. The van der Waals surface area contributed by atoms with Crippen molar-refractivity contribution in [1.82, 2.24) is 5.32 Å². The van der Waals surface area contributed by atoms with Gasteiger partial charge in [0.2, 0.25) is 5.91 Å². The Balaban J connectivity index is 3.13. The number of nitrogens with one attached hydrogen (secondary N) is 1. The molecule has 0 saturated heterocycles. The minimum Gasteiger partial charge on any atom is -0.356 e. The molecule has 0 radical (unpaired) electrons. The van der Waals surface area contributed by atoms with Crippen LogP contribution in [0.15, 0.2) is 0 Å². The smallest absolute Gasteiger partial charge is 0.219 e. The number of hydrogen-bond acceptors (Lipinski definition) is 2. The first-order valence-electron chi connectivity index (χ1n) is 7.01. The van der Waals surface area contributed by atoms with Crippen molar-refractivity contribution in [2.75, 3.05) is 6.54 Å². The Hall–Kier alpha value is -0.860. The van der Waals surface area contributed by atoms with Crippen LogP contribution in [-0.2, 0) is 9.59 Å². The second kappa shape index (κ2) is 13.2. The van der Waals surface area contributed by atoms with Crippen LogP contribution in [0.5, 0.6) is 0 Å². The van der Waals surface area contributed by atoms with Gasteiger partial charge in [-0.3, -0.25) is 4.79 Å². The number of carbonyl (C=O) groups excluding carboxylic acids is 2. The normalized spacial score (nSPS) is 10.2. The highest BCUT2D eigenvalue weighted by Crippen LogP contribution is 2.08. The maximum absolute atomic E-state index is 11.3. The van der Waals surface area contributed by atoms with E-state index in [0.717, 1.165) is 25.5 Å². The largest absolute Gasteiger partial charge is 0.356 e. The minimum absolute atomic E-state index is 0.129. The summed E-state index contributed by atoms with van der Waals surface area (Å²) >= 11 is 0. The van der Waals surface area contributed by atoms with Gasteiger partial charge < -0.3 is 10.1 Å². The second-order valence-corrected chi connectivity index (χ2v) is 4.53. The Morgan fingerprint density at radius 2 is 1.65 bits per heavy atom. The number of unbranched alkanes of at least 4 members (excludes halogenated alkanes) is 7. The number of aldehydes is 1. The van der Waals surface area contributed by atoms with Crippen molar-refractivity contribution in [2.45, 2.75) is 71.1 Å². The van der Waals surface area contributed by atoms with Crippen LogP contribution in [0.25, 0.3) is 0 Å². The van der Waals surface area contributed by atoms with Crippen LogP contribution in [-0.4, -0.2) is 18.7 Å². The van der Waals surface area contributed by atoms with E-state index in [1.807, 2.05) is 0 Å². The van der Waals surface area contributed by atoms with Gasteiger partial charge in [0, 0.05) is 19.4 Å². The lowest BCUT2D eigenvalue weighted by atomic mass is 10.1. The van der Waals surface area contributed by atoms with Crippen molar-refractivity contribution in [3.05, 3.63) is 0 Å². The summed E-state index contributed by atoms with van der Waals surface area (Å²) in [6, 6.07) is 0. The summed E-state index contributed by atoms with van der Waals surface area (Å²) in [4.78, 5) is 21.4. The van der Waals surface area contributed by atoms with Gasteiger partial charge in [-0.25, -0.2) is 0 Å². The zero-order valence-electron chi connectivity index (χ0n) is 11.2. The van der Waals surface area contributed by atoms with Crippen LogP contribution >= 0.6 is 0 Å². The molecule has 17 heavy (non-hydrogen) atoms. The van der Waals surface area contributed by atoms with Gasteiger partial charge >= 0.3 is 0 Å². The zero-order chi connectivity index (χ0) is 12.8. The fourth-order valence-corrected chi connectivity index (χ4v) is 1.74. The molecule has 0 aliphatic rings. The van der Waals surface area contributed by atoms with E-state index in [1.165, 1.54) is 32.1 Å². The molecule has 0 heterocycles. The van der Waals surface area contributed by atoms with Crippen LogP contribution in [0.3, 0.4) is 0 Å². The van der Waals surface area contributed by atoms with Crippen LogP contribution in [0.4, 0.5) is 0 Å². The standard InChI is InChI=1S/C14H27NO2/c1-2-3-4-5-6-7-8-11-14(17)15-12-9-10-13-16/h13H,2-12H2,1H3,(H,15,17). The molecule has 0 aliphatic heterocycles. The van der Waals surface area contributed by atoms with Gasteiger partial charge in [0.25, 0.3) is 0 Å². The summed E-state index contributed by atoms with van der Waals surface area (Å²) in [6.07, 6.45) is 11.5. The lowest BCUT2D eigenvalue weighted by Gasteiger charge is -2.04. The molecule has 0 aromatic heterocycles. The van der Waals surface area contributed by atoms with Gasteiger partial charge in [-0.15, -0.1) is 0 Å². The van der Waals surface area contributed by atoms with Gasteiger partial charge in [-0.1, -0.05) is 45.4 Å². The van der Waals surface area contributed by atoms with Crippen molar-refractivity contribution >= 4 is 12.2 Å².